The largest absolute Gasteiger partial charge is 0.489 e. The molecular formula is C16H14BrNO. The molecule has 3 rings (SSSR count). The highest BCUT2D eigenvalue weighted by molar-refractivity contribution is 9.10. The zero-order valence-corrected chi connectivity index (χ0v) is 12.2. The van der Waals surface area contributed by atoms with Crippen LogP contribution in [-0.4, -0.2) is 4.98 Å². The third-order valence-electron chi connectivity index (χ3n) is 3.11. The number of hydrogen-bond donors (Lipinski definition) is 1. The van der Waals surface area contributed by atoms with Gasteiger partial charge in [0.15, 0.2) is 0 Å². The van der Waals surface area contributed by atoms with Crippen LogP contribution in [-0.2, 0) is 6.61 Å². The number of ether oxygens (including phenoxy) is 1. The molecule has 0 aliphatic rings. The minimum absolute atomic E-state index is 0.569. The lowest BCUT2D eigenvalue weighted by Gasteiger charge is -2.05. The summed E-state index contributed by atoms with van der Waals surface area (Å²) in [5.74, 6) is 0.871. The molecule has 2 aromatic carbocycles. The first-order valence-corrected chi connectivity index (χ1v) is 6.97. The van der Waals surface area contributed by atoms with Crippen LogP contribution in [0.4, 0.5) is 0 Å². The van der Waals surface area contributed by atoms with Gasteiger partial charge in [-0.3, -0.25) is 0 Å². The van der Waals surface area contributed by atoms with E-state index in [1.807, 2.05) is 30.5 Å². The van der Waals surface area contributed by atoms with Crippen molar-refractivity contribution in [3.63, 3.8) is 0 Å². The highest BCUT2D eigenvalue weighted by atomic mass is 79.9. The number of benzene rings is 2. The first-order chi connectivity index (χ1) is 9.22. The molecular weight excluding hydrogens is 302 g/mol. The summed E-state index contributed by atoms with van der Waals surface area (Å²) in [5, 5.41) is 1.22. The maximum Gasteiger partial charge on any atom is 0.120 e. The number of fused-ring (bicyclic) bond motifs is 1. The predicted molar refractivity (Wildman–Crippen MR) is 81.5 cm³/mol. The zero-order chi connectivity index (χ0) is 13.2. The van der Waals surface area contributed by atoms with Crippen molar-refractivity contribution >= 4 is 26.8 Å². The Morgan fingerprint density at radius 2 is 2.05 bits per heavy atom. The Hall–Kier alpha value is -1.74. The van der Waals surface area contributed by atoms with Gasteiger partial charge in [-0.15, -0.1) is 0 Å². The summed E-state index contributed by atoms with van der Waals surface area (Å²) in [5.41, 5.74) is 3.59. The fourth-order valence-corrected chi connectivity index (χ4v) is 2.52. The number of aromatic amines is 1. The minimum atomic E-state index is 0.569. The molecule has 3 aromatic rings. The summed E-state index contributed by atoms with van der Waals surface area (Å²) in [6.07, 6.45) is 2.02. The molecule has 1 aromatic heterocycles. The number of rotatable bonds is 3. The third-order valence-corrected chi connectivity index (χ3v) is 3.61. The highest BCUT2D eigenvalue weighted by Gasteiger charge is 2.04. The molecule has 0 unspecified atom stereocenters. The van der Waals surface area contributed by atoms with E-state index in [0.29, 0.717) is 6.61 Å². The molecule has 96 valence electrons. The smallest absolute Gasteiger partial charge is 0.120 e. The number of H-pyrrole nitrogens is 1. The highest BCUT2D eigenvalue weighted by Crippen LogP contribution is 2.23. The lowest BCUT2D eigenvalue weighted by Crippen LogP contribution is -1.94. The number of nitrogens with one attached hydrogen (secondary N) is 1. The van der Waals surface area contributed by atoms with Crippen LogP contribution in [0, 0.1) is 6.92 Å². The number of aryl methyl sites for hydroxylation is 1. The molecule has 1 heterocycles. The second-order valence-corrected chi connectivity index (χ2v) is 5.52. The molecule has 0 aliphatic heterocycles. The van der Waals surface area contributed by atoms with Crippen LogP contribution in [0.15, 0.2) is 53.1 Å². The van der Waals surface area contributed by atoms with Crippen molar-refractivity contribution in [3.05, 3.63) is 64.3 Å². The van der Waals surface area contributed by atoms with E-state index < -0.39 is 0 Å². The van der Waals surface area contributed by atoms with Crippen LogP contribution in [0.2, 0.25) is 0 Å². The second kappa shape index (κ2) is 5.10. The molecule has 0 radical (unpaired) electrons. The van der Waals surface area contributed by atoms with Crippen molar-refractivity contribution in [1.29, 1.82) is 0 Å². The molecule has 0 fully saturated rings. The third kappa shape index (κ3) is 2.66. The second-order valence-electron chi connectivity index (χ2n) is 4.61. The SMILES string of the molecule is Cc1ccc2c(COc3cccc(Br)c3)c[nH]c2c1. The van der Waals surface area contributed by atoms with Crippen LogP contribution in [0.25, 0.3) is 10.9 Å². The van der Waals surface area contributed by atoms with Crippen LogP contribution in [0.5, 0.6) is 5.75 Å². The van der Waals surface area contributed by atoms with Crippen molar-refractivity contribution < 1.29 is 4.74 Å². The average Bonchev–Trinajstić information content (AvgIpc) is 2.78. The molecule has 1 N–H and O–H groups in total. The van der Waals surface area contributed by atoms with Gasteiger partial charge in [0.2, 0.25) is 0 Å². The first kappa shape index (κ1) is 12.3. The number of aromatic nitrogens is 1. The van der Waals surface area contributed by atoms with Gasteiger partial charge in [-0.25, -0.2) is 0 Å². The van der Waals surface area contributed by atoms with E-state index in [1.54, 1.807) is 0 Å². The molecule has 0 atom stereocenters. The Bertz CT molecular complexity index is 718. The summed E-state index contributed by atoms with van der Waals surface area (Å²) in [7, 11) is 0. The molecule has 0 aliphatic carbocycles. The number of hydrogen-bond acceptors (Lipinski definition) is 1. The van der Waals surface area contributed by atoms with Crippen molar-refractivity contribution in [2.75, 3.05) is 0 Å². The summed E-state index contributed by atoms with van der Waals surface area (Å²) in [6.45, 7) is 2.66. The van der Waals surface area contributed by atoms with Crippen LogP contribution in [0.3, 0.4) is 0 Å². The number of halogens is 1. The molecule has 0 spiro atoms. The van der Waals surface area contributed by atoms with E-state index >= 15 is 0 Å². The Labute approximate surface area is 120 Å². The van der Waals surface area contributed by atoms with E-state index in [4.69, 9.17) is 4.74 Å². The fraction of sp³-hybridized carbons (Fsp3) is 0.125. The van der Waals surface area contributed by atoms with Crippen molar-refractivity contribution in [2.45, 2.75) is 13.5 Å². The molecule has 0 amide bonds. The van der Waals surface area contributed by atoms with Gasteiger partial charge in [-0.1, -0.05) is 34.1 Å². The van der Waals surface area contributed by atoms with Gasteiger partial charge in [0.05, 0.1) is 0 Å². The van der Waals surface area contributed by atoms with Crippen LogP contribution >= 0.6 is 15.9 Å². The molecule has 0 saturated carbocycles. The Morgan fingerprint density at radius 3 is 2.89 bits per heavy atom. The zero-order valence-electron chi connectivity index (χ0n) is 10.6. The Kier molecular flexibility index (Phi) is 3.30. The van der Waals surface area contributed by atoms with Gasteiger partial charge >= 0.3 is 0 Å². The van der Waals surface area contributed by atoms with E-state index in [9.17, 15) is 0 Å². The van der Waals surface area contributed by atoms with E-state index in [-0.39, 0.29) is 0 Å². The summed E-state index contributed by atoms with van der Waals surface area (Å²) < 4.78 is 6.85. The van der Waals surface area contributed by atoms with Gasteiger partial charge < -0.3 is 9.72 Å². The minimum Gasteiger partial charge on any atom is -0.489 e. The first-order valence-electron chi connectivity index (χ1n) is 6.17. The van der Waals surface area contributed by atoms with E-state index in [0.717, 1.165) is 15.7 Å². The average molecular weight is 316 g/mol. The molecule has 0 bridgehead atoms. The molecule has 0 saturated heterocycles. The summed E-state index contributed by atoms with van der Waals surface area (Å²) in [6, 6.07) is 14.3. The maximum absolute atomic E-state index is 5.82. The topological polar surface area (TPSA) is 25.0 Å². The lowest BCUT2D eigenvalue weighted by molar-refractivity contribution is 0.307. The Balaban J connectivity index is 1.82. The summed E-state index contributed by atoms with van der Waals surface area (Å²) in [4.78, 5) is 3.29. The van der Waals surface area contributed by atoms with Gasteiger partial charge in [-0.05, 0) is 36.8 Å². The van der Waals surface area contributed by atoms with E-state index in [1.165, 1.54) is 16.5 Å². The standard InChI is InChI=1S/C16H14BrNO/c1-11-5-6-15-12(9-18-16(15)7-11)10-19-14-4-2-3-13(17)8-14/h2-9,18H,10H2,1H3. The molecule has 2 nitrogen and oxygen atoms in total. The van der Waals surface area contributed by atoms with Crippen molar-refractivity contribution in [2.24, 2.45) is 0 Å². The molecule has 19 heavy (non-hydrogen) atoms. The predicted octanol–water partition coefficient (Wildman–Crippen LogP) is 4.82. The van der Waals surface area contributed by atoms with Crippen molar-refractivity contribution in [3.8, 4) is 5.75 Å². The fourth-order valence-electron chi connectivity index (χ4n) is 2.14. The van der Waals surface area contributed by atoms with E-state index in [2.05, 4.69) is 46.0 Å². The maximum atomic E-state index is 5.82. The lowest BCUT2D eigenvalue weighted by atomic mass is 10.1. The van der Waals surface area contributed by atoms with Crippen molar-refractivity contribution in [1.82, 2.24) is 4.98 Å². The van der Waals surface area contributed by atoms with Gasteiger partial charge in [0.25, 0.3) is 0 Å². The molecule has 3 heteroatoms. The monoisotopic (exact) mass is 315 g/mol. The van der Waals surface area contributed by atoms with Gasteiger partial charge in [0.1, 0.15) is 12.4 Å². The quantitative estimate of drug-likeness (QED) is 0.736. The van der Waals surface area contributed by atoms with Crippen LogP contribution in [0.1, 0.15) is 11.1 Å². The van der Waals surface area contributed by atoms with Crippen LogP contribution < -0.4 is 4.74 Å². The summed E-state index contributed by atoms with van der Waals surface area (Å²) >= 11 is 3.44. The van der Waals surface area contributed by atoms with Gasteiger partial charge in [0, 0.05) is 27.1 Å². The normalized spacial score (nSPS) is 10.8. The Morgan fingerprint density at radius 1 is 1.16 bits per heavy atom. The van der Waals surface area contributed by atoms with Gasteiger partial charge in [-0.2, -0.15) is 0 Å².